The Morgan fingerprint density at radius 1 is 1.25 bits per heavy atom. The normalized spacial score (nSPS) is 11.6. The Kier molecular flexibility index (Phi) is 6.03. The number of rotatable bonds is 5. The molecule has 1 aromatic carbocycles. The summed E-state index contributed by atoms with van der Waals surface area (Å²) >= 11 is 0. The molecule has 110 valence electrons. The Hall–Kier alpha value is -2.04. The highest BCUT2D eigenvalue weighted by Gasteiger charge is 2.15. The average Bonchev–Trinajstić information content (AvgIpc) is 2.41. The maximum absolute atomic E-state index is 11.9. The largest absolute Gasteiger partial charge is 0.354 e. The fraction of sp³-hybridized carbons (Fsp3) is 0.467. The molecule has 0 unspecified atom stereocenters. The molecule has 1 aromatic rings. The second-order valence-corrected chi connectivity index (χ2v) is 4.86. The van der Waals surface area contributed by atoms with Gasteiger partial charge < -0.3 is 16.0 Å². The highest BCUT2D eigenvalue weighted by molar-refractivity contribution is 5.94. The molecular formula is C15H23N3O2. The molecule has 0 heterocycles. The van der Waals surface area contributed by atoms with Gasteiger partial charge in [0.25, 0.3) is 0 Å². The summed E-state index contributed by atoms with van der Waals surface area (Å²) in [5.41, 5.74) is 2.88. The molecule has 3 N–H and O–H groups in total. The predicted molar refractivity (Wildman–Crippen MR) is 80.8 cm³/mol. The maximum atomic E-state index is 11.9. The van der Waals surface area contributed by atoms with Crippen molar-refractivity contribution in [2.45, 2.75) is 40.2 Å². The summed E-state index contributed by atoms with van der Waals surface area (Å²) in [5, 5.41) is 8.12. The number of nitrogens with one attached hydrogen (secondary N) is 3. The van der Waals surface area contributed by atoms with Crippen molar-refractivity contribution in [1.82, 2.24) is 10.6 Å². The monoisotopic (exact) mass is 277 g/mol. The molecule has 0 aromatic heterocycles. The molecule has 1 atom stereocenters. The van der Waals surface area contributed by atoms with Crippen LogP contribution in [0.3, 0.4) is 0 Å². The number of anilines is 1. The quantitative estimate of drug-likeness (QED) is 0.773. The predicted octanol–water partition coefficient (Wildman–Crippen LogP) is 2.34. The van der Waals surface area contributed by atoms with Crippen LogP contribution in [0, 0.1) is 13.8 Å². The number of carbonyl (C=O) groups is 2. The van der Waals surface area contributed by atoms with Crippen molar-refractivity contribution in [1.29, 1.82) is 0 Å². The number of amides is 3. The molecule has 1 rings (SSSR count). The summed E-state index contributed by atoms with van der Waals surface area (Å²) in [5.74, 6) is -0.178. The molecule has 0 spiro atoms. The van der Waals surface area contributed by atoms with Gasteiger partial charge in [0.2, 0.25) is 5.91 Å². The summed E-state index contributed by atoms with van der Waals surface area (Å²) in [7, 11) is 0. The van der Waals surface area contributed by atoms with Crippen LogP contribution in [0.4, 0.5) is 10.5 Å². The van der Waals surface area contributed by atoms with E-state index in [0.717, 1.165) is 23.2 Å². The molecule has 0 saturated heterocycles. The van der Waals surface area contributed by atoms with E-state index in [0.29, 0.717) is 6.54 Å². The van der Waals surface area contributed by atoms with Gasteiger partial charge in [-0.25, -0.2) is 4.79 Å². The topological polar surface area (TPSA) is 70.2 Å². The Balaban J connectivity index is 2.55. The smallest absolute Gasteiger partial charge is 0.319 e. The van der Waals surface area contributed by atoms with Gasteiger partial charge in [-0.3, -0.25) is 4.79 Å². The number of carbonyl (C=O) groups excluding carboxylic acids is 2. The van der Waals surface area contributed by atoms with Crippen LogP contribution in [0.2, 0.25) is 0 Å². The number of urea groups is 1. The van der Waals surface area contributed by atoms with Gasteiger partial charge >= 0.3 is 6.03 Å². The molecule has 0 saturated carbocycles. The minimum absolute atomic E-state index is 0.178. The fourth-order valence-electron chi connectivity index (χ4n) is 1.71. The van der Waals surface area contributed by atoms with E-state index in [4.69, 9.17) is 0 Å². The molecule has 3 amide bonds. The number of hydrogen-bond acceptors (Lipinski definition) is 2. The van der Waals surface area contributed by atoms with Gasteiger partial charge in [-0.15, -0.1) is 0 Å². The lowest BCUT2D eigenvalue weighted by Crippen LogP contribution is -2.46. The molecule has 0 aliphatic carbocycles. The Labute approximate surface area is 120 Å². The zero-order valence-corrected chi connectivity index (χ0v) is 12.5. The number of benzene rings is 1. The van der Waals surface area contributed by atoms with Gasteiger partial charge in [0, 0.05) is 12.2 Å². The van der Waals surface area contributed by atoms with Crippen LogP contribution < -0.4 is 16.0 Å². The van der Waals surface area contributed by atoms with Crippen LogP contribution in [-0.4, -0.2) is 24.5 Å². The zero-order valence-electron chi connectivity index (χ0n) is 12.5. The summed E-state index contributed by atoms with van der Waals surface area (Å²) in [4.78, 5) is 23.5. The Morgan fingerprint density at radius 2 is 1.95 bits per heavy atom. The molecule has 0 bridgehead atoms. The molecule has 20 heavy (non-hydrogen) atoms. The second kappa shape index (κ2) is 7.53. The van der Waals surface area contributed by atoms with Crippen LogP contribution in [0.15, 0.2) is 18.2 Å². The van der Waals surface area contributed by atoms with E-state index in [9.17, 15) is 9.59 Å². The number of aryl methyl sites for hydroxylation is 1. The molecule has 0 aliphatic rings. The van der Waals surface area contributed by atoms with Gasteiger partial charge in [0.15, 0.2) is 0 Å². The number of hydrogen-bond donors (Lipinski definition) is 3. The second-order valence-electron chi connectivity index (χ2n) is 4.86. The van der Waals surface area contributed by atoms with Gasteiger partial charge in [0.1, 0.15) is 6.04 Å². The highest BCUT2D eigenvalue weighted by atomic mass is 16.2. The third-order valence-electron chi connectivity index (χ3n) is 3.14. The van der Waals surface area contributed by atoms with E-state index in [1.807, 2.05) is 39.0 Å². The Morgan fingerprint density at radius 3 is 2.60 bits per heavy atom. The molecular weight excluding hydrogens is 254 g/mol. The van der Waals surface area contributed by atoms with Crippen molar-refractivity contribution in [2.24, 2.45) is 0 Å². The van der Waals surface area contributed by atoms with Crippen molar-refractivity contribution < 1.29 is 9.59 Å². The van der Waals surface area contributed by atoms with E-state index in [-0.39, 0.29) is 11.9 Å². The summed E-state index contributed by atoms with van der Waals surface area (Å²) in [6, 6.07) is 4.77. The lowest BCUT2D eigenvalue weighted by molar-refractivity contribution is -0.122. The minimum atomic E-state index is -0.563. The van der Waals surface area contributed by atoms with E-state index in [1.165, 1.54) is 0 Å². The van der Waals surface area contributed by atoms with Gasteiger partial charge in [-0.1, -0.05) is 19.1 Å². The van der Waals surface area contributed by atoms with Gasteiger partial charge in [-0.2, -0.15) is 0 Å². The van der Waals surface area contributed by atoms with Crippen LogP contribution in [0.5, 0.6) is 0 Å². The molecule has 0 fully saturated rings. The molecule has 5 nitrogen and oxygen atoms in total. The highest BCUT2D eigenvalue weighted by Crippen LogP contribution is 2.17. The zero-order chi connectivity index (χ0) is 15.1. The average molecular weight is 277 g/mol. The first-order chi connectivity index (χ1) is 9.45. The lowest BCUT2D eigenvalue weighted by atomic mass is 10.1. The summed E-state index contributed by atoms with van der Waals surface area (Å²) < 4.78 is 0. The van der Waals surface area contributed by atoms with Crippen molar-refractivity contribution in [3.63, 3.8) is 0 Å². The van der Waals surface area contributed by atoms with Gasteiger partial charge in [-0.05, 0) is 44.4 Å². The first-order valence-corrected chi connectivity index (χ1v) is 6.87. The van der Waals surface area contributed by atoms with Gasteiger partial charge in [0.05, 0.1) is 0 Å². The maximum Gasteiger partial charge on any atom is 0.319 e. The van der Waals surface area contributed by atoms with Crippen molar-refractivity contribution >= 4 is 17.6 Å². The van der Waals surface area contributed by atoms with Crippen LogP contribution in [-0.2, 0) is 4.79 Å². The summed E-state index contributed by atoms with van der Waals surface area (Å²) in [6.45, 7) is 8.18. The van der Waals surface area contributed by atoms with E-state index in [1.54, 1.807) is 6.92 Å². The fourth-order valence-corrected chi connectivity index (χ4v) is 1.71. The van der Waals surface area contributed by atoms with Crippen molar-refractivity contribution in [3.8, 4) is 0 Å². The van der Waals surface area contributed by atoms with Crippen LogP contribution in [0.1, 0.15) is 31.4 Å². The first kappa shape index (κ1) is 16.0. The minimum Gasteiger partial charge on any atom is -0.354 e. The molecule has 0 aliphatic heterocycles. The standard InChI is InChI=1S/C15H23N3O2/c1-5-9-16-14(19)12(4)17-15(20)18-13-8-6-7-10(2)11(13)3/h6-8,12H,5,9H2,1-4H3,(H,16,19)(H2,17,18,20)/t12-/m1/s1. The van der Waals surface area contributed by atoms with Crippen LogP contribution >= 0.6 is 0 Å². The van der Waals surface area contributed by atoms with E-state index >= 15 is 0 Å². The summed E-state index contributed by atoms with van der Waals surface area (Å²) in [6.07, 6.45) is 0.868. The van der Waals surface area contributed by atoms with Crippen molar-refractivity contribution in [3.05, 3.63) is 29.3 Å². The SMILES string of the molecule is CCCNC(=O)[C@@H](C)NC(=O)Nc1cccc(C)c1C. The van der Waals surface area contributed by atoms with Crippen LogP contribution in [0.25, 0.3) is 0 Å². The lowest BCUT2D eigenvalue weighted by Gasteiger charge is -2.15. The Bertz CT molecular complexity index is 486. The van der Waals surface area contributed by atoms with E-state index in [2.05, 4.69) is 16.0 Å². The van der Waals surface area contributed by atoms with E-state index < -0.39 is 6.04 Å². The van der Waals surface area contributed by atoms with Crippen molar-refractivity contribution in [2.75, 3.05) is 11.9 Å². The molecule has 5 heteroatoms. The first-order valence-electron chi connectivity index (χ1n) is 6.87. The third-order valence-corrected chi connectivity index (χ3v) is 3.14. The molecule has 0 radical (unpaired) electrons. The third kappa shape index (κ3) is 4.57.